The highest BCUT2D eigenvalue weighted by Crippen LogP contribution is 2.27. The third-order valence-electron chi connectivity index (χ3n) is 6.16. The fraction of sp³-hybridized carbons (Fsp3) is 0.286. The monoisotopic (exact) mass is 540 g/mol. The molecular weight excluding hydrogens is 510 g/mol. The van der Waals surface area contributed by atoms with E-state index in [0.29, 0.717) is 48.5 Å². The van der Waals surface area contributed by atoms with Crippen molar-refractivity contribution in [1.29, 1.82) is 0 Å². The predicted molar refractivity (Wildman–Crippen MR) is 144 cm³/mol. The van der Waals surface area contributed by atoms with Crippen LogP contribution in [0, 0.1) is 11.6 Å². The lowest BCUT2D eigenvalue weighted by molar-refractivity contribution is -0.128. The Kier molecular flexibility index (Phi) is 8.23. The fourth-order valence-corrected chi connectivity index (χ4v) is 5.95. The molecule has 1 atom stereocenters. The molecule has 2 aliphatic rings. The van der Waals surface area contributed by atoms with Crippen molar-refractivity contribution in [3.05, 3.63) is 89.5 Å². The molecule has 7 nitrogen and oxygen atoms in total. The maximum atomic E-state index is 14.6. The molecular formula is C28H30F2N4O3S. The number of halogens is 2. The second kappa shape index (κ2) is 11.4. The Hall–Kier alpha value is -3.63. The van der Waals surface area contributed by atoms with E-state index in [0.717, 1.165) is 6.07 Å². The first-order valence-corrected chi connectivity index (χ1v) is 13.9. The van der Waals surface area contributed by atoms with Gasteiger partial charge in [-0.15, -0.1) is 0 Å². The highest BCUT2D eigenvalue weighted by Gasteiger charge is 2.29. The van der Waals surface area contributed by atoms with Crippen molar-refractivity contribution in [2.75, 3.05) is 13.1 Å². The van der Waals surface area contributed by atoms with Crippen molar-refractivity contribution >= 4 is 32.9 Å². The topological polar surface area (TPSA) is 82.1 Å². The Balaban J connectivity index is 1.67. The molecule has 2 aliphatic heterocycles. The quantitative estimate of drug-likeness (QED) is 0.516. The lowest BCUT2D eigenvalue weighted by Gasteiger charge is -2.33. The average molecular weight is 541 g/mol. The molecule has 1 N–H and O–H groups in total. The van der Waals surface area contributed by atoms with Crippen LogP contribution >= 0.6 is 0 Å². The molecule has 0 saturated carbocycles. The number of rotatable bonds is 8. The average Bonchev–Trinajstić information content (AvgIpc) is 2.87. The van der Waals surface area contributed by atoms with E-state index in [1.165, 1.54) is 39.7 Å². The summed E-state index contributed by atoms with van der Waals surface area (Å²) in [6.07, 6.45) is 6.99. The molecule has 2 heterocycles. The molecule has 0 bridgehead atoms. The second-order valence-electron chi connectivity index (χ2n) is 9.08. The normalized spacial score (nSPS) is 17.7. The Labute approximate surface area is 221 Å². The van der Waals surface area contributed by atoms with E-state index < -0.39 is 33.7 Å². The molecule has 0 radical (unpaired) electrons. The summed E-state index contributed by atoms with van der Waals surface area (Å²) in [7, 11) is -3.64. The third-order valence-corrected chi connectivity index (χ3v) is 8.07. The Bertz CT molecular complexity index is 1440. The van der Waals surface area contributed by atoms with E-state index >= 15 is 0 Å². The van der Waals surface area contributed by atoms with Gasteiger partial charge in [-0.2, -0.15) is 9.41 Å². The SMILES string of the molecule is CCCN(CCC)S(=O)(=O)c1ccc(C2=CC(=O)N3N=C(C)C=CC(c4ccc(F)cc4F)=CC3N2)cc1. The van der Waals surface area contributed by atoms with E-state index in [4.69, 9.17) is 0 Å². The Morgan fingerprint density at radius 1 is 1.03 bits per heavy atom. The Morgan fingerprint density at radius 3 is 2.34 bits per heavy atom. The van der Waals surface area contributed by atoms with Crippen molar-refractivity contribution in [1.82, 2.24) is 14.6 Å². The van der Waals surface area contributed by atoms with Gasteiger partial charge in [0.15, 0.2) is 0 Å². The maximum absolute atomic E-state index is 14.6. The second-order valence-corrected chi connectivity index (χ2v) is 11.0. The summed E-state index contributed by atoms with van der Waals surface area (Å²) < 4.78 is 55.8. The van der Waals surface area contributed by atoms with Crippen LogP contribution in [0.2, 0.25) is 0 Å². The summed E-state index contributed by atoms with van der Waals surface area (Å²) in [4.78, 5) is 13.2. The van der Waals surface area contributed by atoms with E-state index in [2.05, 4.69) is 10.4 Å². The Morgan fingerprint density at radius 2 is 1.71 bits per heavy atom. The lowest BCUT2D eigenvalue weighted by Crippen LogP contribution is -2.48. The molecule has 2 aromatic carbocycles. The van der Waals surface area contributed by atoms with Crippen LogP contribution in [0.15, 0.2) is 76.8 Å². The molecule has 38 heavy (non-hydrogen) atoms. The van der Waals surface area contributed by atoms with Gasteiger partial charge in [-0.05, 0) is 67.3 Å². The number of carbonyl (C=O) groups excluding carboxylic acids is 1. The predicted octanol–water partition coefficient (Wildman–Crippen LogP) is 4.90. The molecule has 10 heteroatoms. The van der Waals surface area contributed by atoms with Crippen LogP contribution in [-0.2, 0) is 14.8 Å². The van der Waals surface area contributed by atoms with Gasteiger partial charge in [-0.1, -0.05) is 32.1 Å². The minimum absolute atomic E-state index is 0.179. The smallest absolute Gasteiger partial charge is 0.271 e. The van der Waals surface area contributed by atoms with E-state index in [-0.39, 0.29) is 10.5 Å². The van der Waals surface area contributed by atoms with E-state index in [9.17, 15) is 22.0 Å². The van der Waals surface area contributed by atoms with Gasteiger partial charge in [0.25, 0.3) is 5.91 Å². The van der Waals surface area contributed by atoms with Crippen molar-refractivity contribution in [3.63, 3.8) is 0 Å². The van der Waals surface area contributed by atoms with Gasteiger partial charge in [0.1, 0.15) is 17.8 Å². The van der Waals surface area contributed by atoms with Crippen molar-refractivity contribution < 1.29 is 22.0 Å². The molecule has 1 amide bonds. The standard InChI is InChI=1S/C28H30F2N4O3S/c1-4-14-33(15-5-2)38(36,37)23-11-8-20(9-12-23)26-18-28(35)34-27(31-26)16-21(7-6-19(3)32-34)24-13-10-22(29)17-25(24)30/h6-13,16-18,27,31H,4-5,14-15H2,1-3H3. The molecule has 200 valence electrons. The first-order valence-electron chi connectivity index (χ1n) is 12.5. The number of nitrogens with zero attached hydrogens (tertiary/aromatic N) is 3. The van der Waals surface area contributed by atoms with Crippen molar-refractivity contribution in [2.45, 2.75) is 44.7 Å². The highest BCUT2D eigenvalue weighted by molar-refractivity contribution is 7.89. The molecule has 2 aromatic rings. The van der Waals surface area contributed by atoms with Gasteiger partial charge < -0.3 is 5.32 Å². The van der Waals surface area contributed by atoms with Crippen molar-refractivity contribution in [3.8, 4) is 0 Å². The number of nitrogens with one attached hydrogen (secondary N) is 1. The molecule has 0 aliphatic carbocycles. The summed E-state index contributed by atoms with van der Waals surface area (Å²) in [6, 6.07) is 9.68. The minimum Gasteiger partial charge on any atom is -0.360 e. The number of hydrogen-bond donors (Lipinski definition) is 1. The summed E-state index contributed by atoms with van der Waals surface area (Å²) >= 11 is 0. The van der Waals surface area contributed by atoms with Crippen LogP contribution in [0.3, 0.4) is 0 Å². The van der Waals surface area contributed by atoms with Gasteiger partial charge in [-0.25, -0.2) is 22.2 Å². The summed E-state index contributed by atoms with van der Waals surface area (Å²) in [6.45, 7) is 6.46. The zero-order chi connectivity index (χ0) is 27.4. The summed E-state index contributed by atoms with van der Waals surface area (Å²) in [5.74, 6) is -1.81. The number of benzene rings is 2. The summed E-state index contributed by atoms with van der Waals surface area (Å²) in [5, 5.41) is 8.84. The molecule has 0 spiro atoms. The largest absolute Gasteiger partial charge is 0.360 e. The maximum Gasteiger partial charge on any atom is 0.271 e. The van der Waals surface area contributed by atoms with Gasteiger partial charge in [0.05, 0.1) is 10.6 Å². The zero-order valence-electron chi connectivity index (χ0n) is 21.5. The number of amides is 1. The van der Waals surface area contributed by atoms with Gasteiger partial charge >= 0.3 is 0 Å². The third kappa shape index (κ3) is 5.76. The number of hydrogen-bond acceptors (Lipinski definition) is 5. The van der Waals surface area contributed by atoms with Crippen LogP contribution in [-0.4, -0.2) is 48.6 Å². The molecule has 4 rings (SSSR count). The molecule has 0 fully saturated rings. The molecule has 1 unspecified atom stereocenters. The van der Waals surface area contributed by atoms with Crippen LogP contribution in [0.1, 0.15) is 44.7 Å². The van der Waals surface area contributed by atoms with Gasteiger partial charge in [0.2, 0.25) is 10.0 Å². The highest BCUT2D eigenvalue weighted by atomic mass is 32.2. The van der Waals surface area contributed by atoms with Crippen LogP contribution in [0.5, 0.6) is 0 Å². The number of hydrazone groups is 1. The van der Waals surface area contributed by atoms with Crippen LogP contribution in [0.4, 0.5) is 8.78 Å². The zero-order valence-corrected chi connectivity index (χ0v) is 22.3. The number of carbonyl (C=O) groups is 1. The van der Waals surface area contributed by atoms with Crippen LogP contribution in [0.25, 0.3) is 11.3 Å². The first-order chi connectivity index (χ1) is 18.1. The van der Waals surface area contributed by atoms with Crippen molar-refractivity contribution in [2.24, 2.45) is 5.10 Å². The first kappa shape index (κ1) is 27.4. The molecule has 0 aromatic heterocycles. The number of sulfonamides is 1. The summed E-state index contributed by atoms with van der Waals surface area (Å²) in [5.41, 5.74) is 2.22. The molecule has 0 saturated heterocycles. The van der Waals surface area contributed by atoms with E-state index in [1.807, 2.05) is 13.8 Å². The fourth-order valence-electron chi connectivity index (χ4n) is 4.33. The minimum atomic E-state index is -3.64. The number of allylic oxidation sites excluding steroid dienone is 3. The van der Waals surface area contributed by atoms with Crippen LogP contribution < -0.4 is 5.32 Å². The van der Waals surface area contributed by atoms with Gasteiger partial charge in [-0.3, -0.25) is 4.79 Å². The van der Waals surface area contributed by atoms with Gasteiger partial charge in [0, 0.05) is 36.5 Å². The lowest BCUT2D eigenvalue weighted by atomic mass is 10.0. The number of fused-ring (bicyclic) bond motifs is 1. The van der Waals surface area contributed by atoms with E-state index in [1.54, 1.807) is 37.3 Å².